The molecule has 0 aliphatic rings. The Kier molecular flexibility index (Phi) is 6.37. The number of carbonyl (C=O) groups excluding carboxylic acids is 1. The normalized spacial score (nSPS) is 10.2. The molecule has 0 fully saturated rings. The van der Waals surface area contributed by atoms with Gasteiger partial charge in [-0.15, -0.1) is 0 Å². The summed E-state index contributed by atoms with van der Waals surface area (Å²) < 4.78 is 5.16. The number of benzene rings is 2. The lowest BCUT2D eigenvalue weighted by atomic mass is 10.1. The minimum absolute atomic E-state index is 0.0000222. The molecule has 0 aliphatic carbocycles. The summed E-state index contributed by atoms with van der Waals surface area (Å²) in [6.07, 6.45) is 1.76. The fraction of sp³-hybridized carbons (Fsp3) is 0.263. The Morgan fingerprint density at radius 3 is 2.46 bits per heavy atom. The van der Waals surface area contributed by atoms with E-state index in [1.165, 1.54) is 0 Å². The number of carbonyl (C=O) groups is 2. The number of ether oxygens (including phenoxy) is 1. The summed E-state index contributed by atoms with van der Waals surface area (Å²) in [5, 5.41) is 11.7. The number of aryl methyl sites for hydroxylation is 1. The number of nitrogens with one attached hydrogen (secondary N) is 1. The van der Waals surface area contributed by atoms with Gasteiger partial charge in [0.05, 0.1) is 12.7 Å². The highest BCUT2D eigenvalue weighted by atomic mass is 16.5. The summed E-state index contributed by atoms with van der Waals surface area (Å²) in [5.41, 5.74) is 2.32. The van der Waals surface area contributed by atoms with E-state index in [1.54, 1.807) is 31.4 Å². The standard InChI is InChI=1S/C19H21NO4/c1-24-17-4-2-3-15(13-17)7-10-18(21)20-12-11-14-5-8-16(9-6-14)19(22)23/h2-6,8-9,13H,7,10-12H2,1H3,(H,20,21)(H,22,23). The van der Waals surface area contributed by atoms with Crippen LogP contribution < -0.4 is 10.1 Å². The van der Waals surface area contributed by atoms with Crippen molar-refractivity contribution in [2.45, 2.75) is 19.3 Å². The van der Waals surface area contributed by atoms with Crippen LogP contribution in [-0.4, -0.2) is 30.6 Å². The lowest BCUT2D eigenvalue weighted by Gasteiger charge is -2.07. The first-order chi connectivity index (χ1) is 11.6. The van der Waals surface area contributed by atoms with Crippen LogP contribution in [0.15, 0.2) is 48.5 Å². The molecule has 2 aromatic carbocycles. The van der Waals surface area contributed by atoms with E-state index in [0.717, 1.165) is 16.9 Å². The lowest BCUT2D eigenvalue weighted by Crippen LogP contribution is -2.25. The molecular formula is C19H21NO4. The maximum Gasteiger partial charge on any atom is 0.335 e. The highest BCUT2D eigenvalue weighted by Gasteiger charge is 2.04. The van der Waals surface area contributed by atoms with Gasteiger partial charge in [-0.2, -0.15) is 0 Å². The number of aromatic carboxylic acids is 1. The summed E-state index contributed by atoms with van der Waals surface area (Å²) in [6.45, 7) is 0.531. The van der Waals surface area contributed by atoms with Crippen molar-refractivity contribution >= 4 is 11.9 Å². The Morgan fingerprint density at radius 1 is 1.04 bits per heavy atom. The van der Waals surface area contributed by atoms with E-state index in [-0.39, 0.29) is 11.5 Å². The van der Waals surface area contributed by atoms with Gasteiger partial charge >= 0.3 is 5.97 Å². The minimum Gasteiger partial charge on any atom is -0.497 e. The van der Waals surface area contributed by atoms with Crippen LogP contribution in [0.25, 0.3) is 0 Å². The van der Waals surface area contributed by atoms with Gasteiger partial charge in [-0.05, 0) is 48.2 Å². The van der Waals surface area contributed by atoms with Crippen LogP contribution in [0.3, 0.4) is 0 Å². The van der Waals surface area contributed by atoms with E-state index in [4.69, 9.17) is 9.84 Å². The number of methoxy groups -OCH3 is 1. The van der Waals surface area contributed by atoms with E-state index in [0.29, 0.717) is 25.8 Å². The molecule has 0 aliphatic heterocycles. The molecule has 0 unspecified atom stereocenters. The van der Waals surface area contributed by atoms with E-state index in [1.807, 2.05) is 24.3 Å². The predicted octanol–water partition coefficient (Wildman–Crippen LogP) is 2.68. The van der Waals surface area contributed by atoms with Crippen LogP contribution in [0.2, 0.25) is 0 Å². The fourth-order valence-electron chi connectivity index (χ4n) is 2.33. The Morgan fingerprint density at radius 2 is 1.79 bits per heavy atom. The topological polar surface area (TPSA) is 75.6 Å². The average Bonchev–Trinajstić information content (AvgIpc) is 2.60. The van der Waals surface area contributed by atoms with Crippen LogP contribution in [0.5, 0.6) is 5.75 Å². The van der Waals surface area contributed by atoms with Gasteiger partial charge in [0.2, 0.25) is 5.91 Å². The van der Waals surface area contributed by atoms with Crippen molar-refractivity contribution in [3.63, 3.8) is 0 Å². The van der Waals surface area contributed by atoms with Crippen molar-refractivity contribution in [3.8, 4) is 5.75 Å². The third kappa shape index (κ3) is 5.43. The van der Waals surface area contributed by atoms with Crippen LogP contribution in [0, 0.1) is 0 Å². The number of carboxylic acid groups (broad SMARTS) is 1. The average molecular weight is 327 g/mol. The highest BCUT2D eigenvalue weighted by molar-refractivity contribution is 5.87. The number of rotatable bonds is 8. The molecule has 126 valence electrons. The van der Waals surface area contributed by atoms with Crippen molar-refractivity contribution in [3.05, 3.63) is 65.2 Å². The second kappa shape index (κ2) is 8.72. The molecule has 0 heterocycles. The largest absolute Gasteiger partial charge is 0.497 e. The molecule has 0 atom stereocenters. The third-order valence-corrected chi connectivity index (χ3v) is 3.71. The summed E-state index contributed by atoms with van der Waals surface area (Å²) in [5.74, 6) is -0.148. The van der Waals surface area contributed by atoms with Gasteiger partial charge in [-0.25, -0.2) is 4.79 Å². The number of carboxylic acids is 1. The van der Waals surface area contributed by atoms with Gasteiger partial charge in [0.25, 0.3) is 0 Å². The fourth-order valence-corrected chi connectivity index (χ4v) is 2.33. The van der Waals surface area contributed by atoms with Crippen LogP contribution in [0.4, 0.5) is 0 Å². The van der Waals surface area contributed by atoms with Gasteiger partial charge in [0.1, 0.15) is 5.75 Å². The maximum absolute atomic E-state index is 11.9. The molecule has 24 heavy (non-hydrogen) atoms. The van der Waals surface area contributed by atoms with Gasteiger partial charge in [-0.1, -0.05) is 24.3 Å². The molecule has 0 saturated heterocycles. The van der Waals surface area contributed by atoms with Crippen LogP contribution >= 0.6 is 0 Å². The zero-order valence-electron chi connectivity index (χ0n) is 13.6. The predicted molar refractivity (Wildman–Crippen MR) is 91.4 cm³/mol. The monoisotopic (exact) mass is 327 g/mol. The zero-order valence-corrected chi connectivity index (χ0v) is 13.6. The first-order valence-electron chi connectivity index (χ1n) is 7.80. The van der Waals surface area contributed by atoms with Crippen molar-refractivity contribution in [2.75, 3.05) is 13.7 Å². The van der Waals surface area contributed by atoms with Crippen molar-refractivity contribution in [1.29, 1.82) is 0 Å². The summed E-state index contributed by atoms with van der Waals surface area (Å²) in [4.78, 5) is 22.7. The van der Waals surface area contributed by atoms with Crippen molar-refractivity contribution in [2.24, 2.45) is 0 Å². The van der Waals surface area contributed by atoms with E-state index < -0.39 is 5.97 Å². The molecule has 0 saturated carbocycles. The first kappa shape index (κ1) is 17.5. The molecule has 0 aromatic heterocycles. The lowest BCUT2D eigenvalue weighted by molar-refractivity contribution is -0.121. The minimum atomic E-state index is -0.938. The first-order valence-corrected chi connectivity index (χ1v) is 7.80. The molecule has 0 radical (unpaired) electrons. The smallest absolute Gasteiger partial charge is 0.335 e. The highest BCUT2D eigenvalue weighted by Crippen LogP contribution is 2.13. The number of amides is 1. The molecule has 2 rings (SSSR count). The second-order valence-electron chi connectivity index (χ2n) is 5.45. The molecule has 5 heteroatoms. The summed E-state index contributed by atoms with van der Waals surface area (Å²) in [7, 11) is 1.62. The molecule has 2 N–H and O–H groups in total. The van der Waals surface area contributed by atoms with Crippen LogP contribution in [0.1, 0.15) is 27.9 Å². The number of hydrogen-bond donors (Lipinski definition) is 2. The Hall–Kier alpha value is -2.82. The molecule has 0 bridgehead atoms. The van der Waals surface area contributed by atoms with Gasteiger partial charge in [-0.3, -0.25) is 4.79 Å². The number of hydrogen-bond acceptors (Lipinski definition) is 3. The molecule has 1 amide bonds. The van der Waals surface area contributed by atoms with Gasteiger partial charge in [0.15, 0.2) is 0 Å². The Bertz CT molecular complexity index is 695. The second-order valence-corrected chi connectivity index (χ2v) is 5.45. The molecule has 2 aromatic rings. The molecular weight excluding hydrogens is 306 g/mol. The van der Waals surface area contributed by atoms with E-state index >= 15 is 0 Å². The molecule has 5 nitrogen and oxygen atoms in total. The van der Waals surface area contributed by atoms with E-state index in [9.17, 15) is 9.59 Å². The van der Waals surface area contributed by atoms with Crippen LogP contribution in [-0.2, 0) is 17.6 Å². The Labute approximate surface area is 141 Å². The molecule has 0 spiro atoms. The SMILES string of the molecule is COc1cccc(CCC(=O)NCCc2ccc(C(=O)O)cc2)c1. The quantitative estimate of drug-likeness (QED) is 0.781. The summed E-state index contributed by atoms with van der Waals surface area (Å²) >= 11 is 0. The third-order valence-electron chi connectivity index (χ3n) is 3.71. The Balaban J connectivity index is 1.72. The van der Waals surface area contributed by atoms with Crippen molar-refractivity contribution in [1.82, 2.24) is 5.32 Å². The maximum atomic E-state index is 11.9. The van der Waals surface area contributed by atoms with Gasteiger partial charge in [0, 0.05) is 13.0 Å². The summed E-state index contributed by atoms with van der Waals surface area (Å²) in [6, 6.07) is 14.4. The van der Waals surface area contributed by atoms with Gasteiger partial charge < -0.3 is 15.2 Å². The zero-order chi connectivity index (χ0) is 17.4. The van der Waals surface area contributed by atoms with Crippen molar-refractivity contribution < 1.29 is 19.4 Å². The van der Waals surface area contributed by atoms with E-state index in [2.05, 4.69) is 5.32 Å².